The van der Waals surface area contributed by atoms with Gasteiger partial charge in [0.25, 0.3) is 0 Å². The van der Waals surface area contributed by atoms with E-state index in [9.17, 15) is 38.7 Å². The first-order valence-electron chi connectivity index (χ1n) is 13.7. The molecule has 0 aliphatic rings. The highest BCUT2D eigenvalue weighted by Crippen LogP contribution is 2.13. The van der Waals surface area contributed by atoms with Crippen LogP contribution in [0.15, 0.2) is 24.3 Å². The van der Waals surface area contributed by atoms with Gasteiger partial charge in [-0.25, -0.2) is 4.79 Å². The second-order valence-electron chi connectivity index (χ2n) is 10.3. The smallest absolute Gasteiger partial charge is 0.407 e. The summed E-state index contributed by atoms with van der Waals surface area (Å²) in [4.78, 5) is 86.4. The van der Waals surface area contributed by atoms with Crippen molar-refractivity contribution < 1.29 is 48.5 Å². The number of phenolic OH excluding ortho intramolecular Hbond substituents is 1. The summed E-state index contributed by atoms with van der Waals surface area (Å²) in [6.45, 7) is 7.63. The summed E-state index contributed by atoms with van der Waals surface area (Å²) < 4.78 is 4.77. The number of nitrogens with one attached hydrogen (secondary N) is 4. The van der Waals surface area contributed by atoms with Crippen LogP contribution in [0, 0.1) is 11.8 Å². The summed E-state index contributed by atoms with van der Waals surface area (Å²) in [5, 5.41) is 28.4. The van der Waals surface area contributed by atoms with E-state index < -0.39 is 84.0 Å². The number of carboxylic acid groups (broad SMARTS) is 1. The largest absolute Gasteiger partial charge is 0.508 e. The molecule has 0 heterocycles. The number of benzene rings is 1. The molecule has 0 bridgehead atoms. The van der Waals surface area contributed by atoms with Gasteiger partial charge in [-0.2, -0.15) is 0 Å². The van der Waals surface area contributed by atoms with Gasteiger partial charge < -0.3 is 46.7 Å². The Morgan fingerprint density at radius 1 is 0.884 bits per heavy atom. The predicted molar refractivity (Wildman–Crippen MR) is 153 cm³/mol. The highest BCUT2D eigenvalue weighted by Gasteiger charge is 2.34. The molecule has 1 aromatic rings. The normalized spacial score (nSPS) is 15.0. The molecule has 0 saturated carbocycles. The van der Waals surface area contributed by atoms with E-state index in [1.165, 1.54) is 26.0 Å². The van der Waals surface area contributed by atoms with Crippen LogP contribution in [0.5, 0.6) is 5.75 Å². The molecule has 0 spiro atoms. The van der Waals surface area contributed by atoms with Crippen molar-refractivity contribution in [2.75, 3.05) is 6.61 Å². The molecule has 2 unspecified atom stereocenters. The van der Waals surface area contributed by atoms with Crippen LogP contribution in [0.2, 0.25) is 0 Å². The fraction of sp³-hybridized carbons (Fsp3) is 0.536. The molecule has 1 rings (SSSR count). The Morgan fingerprint density at radius 2 is 1.49 bits per heavy atom. The minimum Gasteiger partial charge on any atom is -0.508 e. The number of carboxylic acids is 1. The first kappa shape index (κ1) is 36.5. The lowest BCUT2D eigenvalue weighted by atomic mass is 9.91. The highest BCUT2D eigenvalue weighted by molar-refractivity contribution is 6.00. The molecule has 15 heteroatoms. The average Bonchev–Trinajstić information content (AvgIpc) is 2.91. The molecule has 43 heavy (non-hydrogen) atoms. The third kappa shape index (κ3) is 12.1. The number of phenols is 1. The summed E-state index contributed by atoms with van der Waals surface area (Å²) in [7, 11) is 0. The number of hydrogen-bond donors (Lipinski definition) is 7. The number of ketones is 1. The van der Waals surface area contributed by atoms with Gasteiger partial charge in [0.05, 0.1) is 25.0 Å². The number of aldehydes is 1. The molecule has 0 aliphatic heterocycles. The molecule has 4 amide bonds. The predicted octanol–water partition coefficient (Wildman–Crippen LogP) is -0.614. The lowest BCUT2D eigenvalue weighted by molar-refractivity contribution is -0.139. The summed E-state index contributed by atoms with van der Waals surface area (Å²) in [5.74, 6) is -6.33. The lowest BCUT2D eigenvalue weighted by Crippen LogP contribution is -2.59. The van der Waals surface area contributed by atoms with Crippen molar-refractivity contribution in [3.63, 3.8) is 0 Å². The van der Waals surface area contributed by atoms with Crippen molar-refractivity contribution in [1.82, 2.24) is 21.3 Å². The monoisotopic (exact) mass is 607 g/mol. The van der Waals surface area contributed by atoms with Crippen LogP contribution in [0.3, 0.4) is 0 Å². The summed E-state index contributed by atoms with van der Waals surface area (Å²) in [6, 6.07) is -0.173. The van der Waals surface area contributed by atoms with Gasteiger partial charge >= 0.3 is 12.1 Å². The first-order chi connectivity index (χ1) is 20.1. The third-order valence-corrected chi connectivity index (χ3v) is 6.39. The number of ether oxygens (including phenoxy) is 1. The Bertz CT molecular complexity index is 1160. The van der Waals surface area contributed by atoms with Gasteiger partial charge in [-0.1, -0.05) is 26.0 Å². The van der Waals surface area contributed by atoms with Crippen molar-refractivity contribution >= 4 is 41.9 Å². The second-order valence-corrected chi connectivity index (χ2v) is 10.3. The van der Waals surface area contributed by atoms with Crippen molar-refractivity contribution in [1.29, 1.82) is 0 Å². The maximum Gasteiger partial charge on any atom is 0.407 e. The number of alkyl carbamates (subject to hydrolysis) is 1. The quantitative estimate of drug-likeness (QED) is 0.0869. The maximum atomic E-state index is 13.4. The Kier molecular flexibility index (Phi) is 14.8. The molecule has 0 aliphatic carbocycles. The van der Waals surface area contributed by atoms with Gasteiger partial charge in [0.1, 0.15) is 30.2 Å². The maximum absolute atomic E-state index is 13.4. The molecule has 0 radical (unpaired) electrons. The van der Waals surface area contributed by atoms with E-state index in [0.717, 1.165) is 0 Å². The van der Waals surface area contributed by atoms with Gasteiger partial charge in [0.2, 0.25) is 17.7 Å². The van der Waals surface area contributed by atoms with E-state index in [2.05, 4.69) is 21.3 Å². The van der Waals surface area contributed by atoms with E-state index in [1.807, 2.05) is 0 Å². The Morgan fingerprint density at radius 3 is 2.00 bits per heavy atom. The van der Waals surface area contributed by atoms with Crippen molar-refractivity contribution in [2.24, 2.45) is 17.6 Å². The van der Waals surface area contributed by atoms with Crippen molar-refractivity contribution in [3.05, 3.63) is 29.8 Å². The fourth-order valence-corrected chi connectivity index (χ4v) is 3.95. The minimum atomic E-state index is -1.48. The lowest BCUT2D eigenvalue weighted by Gasteiger charge is -2.28. The number of amides is 4. The number of nitrogens with two attached hydrogens (primary N) is 1. The van der Waals surface area contributed by atoms with Crippen molar-refractivity contribution in [3.8, 4) is 5.75 Å². The van der Waals surface area contributed by atoms with Crippen LogP contribution in [0.4, 0.5) is 4.79 Å². The fourth-order valence-electron chi connectivity index (χ4n) is 3.95. The molecule has 238 valence electrons. The van der Waals surface area contributed by atoms with Gasteiger partial charge in [0.15, 0.2) is 5.78 Å². The summed E-state index contributed by atoms with van der Waals surface area (Å²) in [5.41, 5.74) is 6.26. The zero-order valence-electron chi connectivity index (χ0n) is 24.8. The molecular formula is C28H41N5O10. The number of aromatic hydroxyl groups is 1. The standard InChI is InChI=1S/C28H41N5O10/c1-6-43-28(42)31-16(5)25(39)32-21(11-17-7-9-18(35)10-8-17)26(40)33-23(14(2)3)27(41)30-15(4)24(38)19(13-34)20(29)12-22(36)37/h7-10,13-16,19-21,23,35H,6,11-12,29H2,1-5H3,(H,30,41)(H,31,42)(H,32,39)(H,33,40)(H,36,37)/t15-,16-,19?,20?,21-,23-/m0/s1. The van der Waals surface area contributed by atoms with Gasteiger partial charge in [-0.05, 0) is 44.4 Å². The van der Waals surface area contributed by atoms with E-state index in [0.29, 0.717) is 5.56 Å². The zero-order valence-corrected chi connectivity index (χ0v) is 24.8. The topological polar surface area (TPSA) is 243 Å². The van der Waals surface area contributed by atoms with E-state index in [-0.39, 0.29) is 25.1 Å². The van der Waals surface area contributed by atoms with Crippen LogP contribution < -0.4 is 27.0 Å². The molecule has 0 fully saturated rings. The molecular weight excluding hydrogens is 566 g/mol. The molecule has 8 N–H and O–H groups in total. The Labute approximate surface area is 249 Å². The average molecular weight is 608 g/mol. The van der Waals surface area contributed by atoms with Crippen LogP contribution in [0.25, 0.3) is 0 Å². The van der Waals surface area contributed by atoms with Crippen LogP contribution >= 0.6 is 0 Å². The molecule has 0 saturated heterocycles. The number of Topliss-reactive ketones (excluding diaryl/α,β-unsaturated/α-hetero) is 1. The summed E-state index contributed by atoms with van der Waals surface area (Å²) >= 11 is 0. The zero-order chi connectivity index (χ0) is 32.9. The van der Waals surface area contributed by atoms with Gasteiger partial charge in [-0.15, -0.1) is 0 Å². The van der Waals surface area contributed by atoms with Crippen LogP contribution in [-0.2, 0) is 39.9 Å². The Balaban J connectivity index is 3.11. The SMILES string of the molecule is CCOC(=O)N[C@@H](C)C(=O)N[C@@H](Cc1ccc(O)cc1)C(=O)N[C@H](C(=O)N[C@@H](C)C(=O)C(C=O)C(N)CC(=O)O)C(C)C. The number of aliphatic carboxylic acids is 1. The highest BCUT2D eigenvalue weighted by atomic mass is 16.5. The number of carbonyl (C=O) groups is 7. The number of rotatable bonds is 17. The third-order valence-electron chi connectivity index (χ3n) is 6.39. The van der Waals surface area contributed by atoms with E-state index in [4.69, 9.17) is 15.6 Å². The van der Waals surface area contributed by atoms with Crippen molar-refractivity contribution in [2.45, 2.75) is 77.7 Å². The van der Waals surface area contributed by atoms with E-state index in [1.54, 1.807) is 32.9 Å². The minimum absolute atomic E-state index is 0.0120. The molecule has 15 nitrogen and oxygen atoms in total. The number of hydrogen-bond acceptors (Lipinski definition) is 10. The van der Waals surface area contributed by atoms with Gasteiger partial charge in [0, 0.05) is 12.5 Å². The van der Waals surface area contributed by atoms with Gasteiger partial charge in [-0.3, -0.25) is 24.0 Å². The molecule has 1 aromatic carbocycles. The van der Waals surface area contributed by atoms with Crippen LogP contribution in [0.1, 0.15) is 46.6 Å². The Hall–Kier alpha value is -4.53. The molecule has 6 atom stereocenters. The van der Waals surface area contributed by atoms with E-state index >= 15 is 0 Å². The summed E-state index contributed by atoms with van der Waals surface area (Å²) in [6.07, 6.45) is -1.28. The second kappa shape index (κ2) is 17.4. The van der Waals surface area contributed by atoms with Crippen LogP contribution in [-0.4, -0.2) is 88.9 Å². The molecule has 0 aromatic heterocycles. The number of carbonyl (C=O) groups excluding carboxylic acids is 6. The first-order valence-corrected chi connectivity index (χ1v) is 13.7.